The molecule has 0 unspecified atom stereocenters. The fourth-order valence-corrected chi connectivity index (χ4v) is 4.60. The van der Waals surface area contributed by atoms with Crippen LogP contribution in [0.2, 0.25) is 0 Å². The third kappa shape index (κ3) is 4.53. The maximum atomic E-state index is 13.5. The van der Waals surface area contributed by atoms with Gasteiger partial charge in [0.2, 0.25) is 5.82 Å². The average molecular weight is 579 g/mol. The third-order valence-corrected chi connectivity index (χ3v) is 6.14. The minimum absolute atomic E-state index is 0.284. The van der Waals surface area contributed by atoms with Gasteiger partial charge >= 0.3 is 0 Å². The van der Waals surface area contributed by atoms with Crippen LogP contribution in [0.4, 0.5) is 0 Å². The zero-order valence-corrected chi connectivity index (χ0v) is 21.4. The van der Waals surface area contributed by atoms with Crippen molar-refractivity contribution in [2.75, 3.05) is 13.2 Å². The van der Waals surface area contributed by atoms with Crippen molar-refractivity contribution in [3.63, 3.8) is 0 Å². The fourth-order valence-electron chi connectivity index (χ4n) is 3.82. The van der Waals surface area contributed by atoms with Crippen LogP contribution in [0.1, 0.15) is 19.4 Å². The Hall–Kier alpha value is -3.66. The molecular weight excluding hydrogens is 557 g/mol. The number of benzene rings is 3. The van der Waals surface area contributed by atoms with Crippen molar-refractivity contribution in [3.8, 4) is 23.1 Å². The molecule has 35 heavy (non-hydrogen) atoms. The van der Waals surface area contributed by atoms with Gasteiger partial charge in [0, 0.05) is 5.39 Å². The Morgan fingerprint density at radius 3 is 2.60 bits per heavy atom. The number of rotatable bonds is 7. The molecule has 2 aromatic heterocycles. The van der Waals surface area contributed by atoms with Crippen LogP contribution in [0.25, 0.3) is 33.5 Å². The highest BCUT2D eigenvalue weighted by Gasteiger charge is 2.17. The van der Waals surface area contributed by atoms with E-state index in [-0.39, 0.29) is 5.56 Å². The highest BCUT2D eigenvalue weighted by molar-refractivity contribution is 14.1. The van der Waals surface area contributed by atoms with Crippen LogP contribution in [-0.2, 0) is 0 Å². The number of para-hydroxylation sites is 2. The Bertz CT molecular complexity index is 1590. The monoisotopic (exact) mass is 579 g/mol. The van der Waals surface area contributed by atoms with Gasteiger partial charge in [-0.15, -0.1) is 0 Å². The molecule has 5 rings (SSSR count). The summed E-state index contributed by atoms with van der Waals surface area (Å²) in [6.45, 7) is 4.88. The SMILES string of the molecule is CCOc1cc(C=Nn2c(-c3cc4ccccc4o3)nc3ccccc3c2=O)cc(I)c1OCC. The van der Waals surface area contributed by atoms with Crippen LogP contribution in [0.5, 0.6) is 11.5 Å². The maximum absolute atomic E-state index is 13.5. The van der Waals surface area contributed by atoms with Gasteiger partial charge in [0.15, 0.2) is 17.3 Å². The second-order valence-corrected chi connectivity index (χ2v) is 8.82. The molecule has 8 heteroatoms. The van der Waals surface area contributed by atoms with E-state index in [9.17, 15) is 4.79 Å². The molecule has 0 spiro atoms. The number of hydrogen-bond donors (Lipinski definition) is 0. The number of ether oxygens (including phenoxy) is 2. The van der Waals surface area contributed by atoms with Crippen LogP contribution in [0.3, 0.4) is 0 Å². The highest BCUT2D eigenvalue weighted by Crippen LogP contribution is 2.34. The van der Waals surface area contributed by atoms with Gasteiger partial charge in [-0.25, -0.2) is 4.98 Å². The summed E-state index contributed by atoms with van der Waals surface area (Å²) in [4.78, 5) is 18.2. The number of nitrogens with zero attached hydrogens (tertiary/aromatic N) is 3. The lowest BCUT2D eigenvalue weighted by Gasteiger charge is -2.13. The van der Waals surface area contributed by atoms with Crippen molar-refractivity contribution >= 4 is 50.7 Å². The number of furan rings is 1. The number of halogens is 1. The summed E-state index contributed by atoms with van der Waals surface area (Å²) in [5.41, 5.74) is 1.77. The zero-order chi connectivity index (χ0) is 24.4. The maximum Gasteiger partial charge on any atom is 0.282 e. The molecule has 0 saturated carbocycles. The molecule has 0 amide bonds. The second kappa shape index (κ2) is 9.91. The molecule has 2 heterocycles. The number of aromatic nitrogens is 2. The van der Waals surface area contributed by atoms with E-state index in [1.807, 2.05) is 68.4 Å². The lowest BCUT2D eigenvalue weighted by atomic mass is 10.2. The van der Waals surface area contributed by atoms with E-state index in [0.29, 0.717) is 52.8 Å². The standard InChI is InChI=1S/C27H22IN3O4/c1-3-33-23-14-17(13-20(28)25(23)34-4-2)16-29-31-26(24-15-18-9-5-8-12-22(18)35-24)30-21-11-7-6-10-19(21)27(31)32/h5-16H,3-4H2,1-2H3. The van der Waals surface area contributed by atoms with Crippen molar-refractivity contribution in [2.24, 2.45) is 5.10 Å². The van der Waals surface area contributed by atoms with Crippen molar-refractivity contribution in [1.82, 2.24) is 9.66 Å². The van der Waals surface area contributed by atoms with Crippen molar-refractivity contribution in [2.45, 2.75) is 13.8 Å². The van der Waals surface area contributed by atoms with Crippen LogP contribution < -0.4 is 15.0 Å². The summed E-state index contributed by atoms with van der Waals surface area (Å²) in [6.07, 6.45) is 1.62. The Morgan fingerprint density at radius 1 is 1.03 bits per heavy atom. The van der Waals surface area contributed by atoms with E-state index in [1.165, 1.54) is 4.68 Å². The van der Waals surface area contributed by atoms with Gasteiger partial charge in [0.1, 0.15) is 5.58 Å². The molecule has 5 aromatic rings. The number of hydrogen-bond acceptors (Lipinski definition) is 6. The van der Waals surface area contributed by atoms with Gasteiger partial charge in [0.05, 0.1) is 33.9 Å². The Kier molecular flexibility index (Phi) is 6.54. The summed E-state index contributed by atoms with van der Waals surface area (Å²) < 4.78 is 19.7. The molecule has 0 aliphatic heterocycles. The Morgan fingerprint density at radius 2 is 1.80 bits per heavy atom. The minimum atomic E-state index is -0.284. The molecule has 3 aromatic carbocycles. The average Bonchev–Trinajstić information content (AvgIpc) is 3.30. The molecule has 0 atom stereocenters. The zero-order valence-electron chi connectivity index (χ0n) is 19.2. The Labute approximate surface area is 215 Å². The molecule has 0 aliphatic rings. The lowest BCUT2D eigenvalue weighted by Crippen LogP contribution is -2.20. The first-order chi connectivity index (χ1) is 17.1. The predicted molar refractivity (Wildman–Crippen MR) is 146 cm³/mol. The highest BCUT2D eigenvalue weighted by atomic mass is 127. The quantitative estimate of drug-likeness (QED) is 0.172. The first-order valence-corrected chi connectivity index (χ1v) is 12.3. The summed E-state index contributed by atoms with van der Waals surface area (Å²) in [5, 5.41) is 5.94. The second-order valence-electron chi connectivity index (χ2n) is 7.66. The molecular formula is C27H22IN3O4. The van der Waals surface area contributed by atoms with E-state index in [1.54, 1.807) is 18.3 Å². The smallest absolute Gasteiger partial charge is 0.282 e. The molecule has 0 radical (unpaired) electrons. The largest absolute Gasteiger partial charge is 0.490 e. The summed E-state index contributed by atoms with van der Waals surface area (Å²) in [5.74, 6) is 2.11. The molecule has 7 nitrogen and oxygen atoms in total. The number of fused-ring (bicyclic) bond motifs is 2. The van der Waals surface area contributed by atoms with Gasteiger partial charge < -0.3 is 13.9 Å². The van der Waals surface area contributed by atoms with Crippen LogP contribution in [0, 0.1) is 3.57 Å². The summed E-state index contributed by atoms with van der Waals surface area (Å²) in [6, 6.07) is 20.5. The van der Waals surface area contributed by atoms with E-state index in [4.69, 9.17) is 18.9 Å². The van der Waals surface area contributed by atoms with E-state index in [0.717, 1.165) is 14.5 Å². The molecule has 0 bridgehead atoms. The molecule has 176 valence electrons. The molecule has 0 saturated heterocycles. The normalized spacial score (nSPS) is 11.5. The van der Waals surface area contributed by atoms with Crippen molar-refractivity contribution in [3.05, 3.63) is 86.2 Å². The van der Waals surface area contributed by atoms with Crippen LogP contribution in [0.15, 0.2) is 81.0 Å². The van der Waals surface area contributed by atoms with Gasteiger partial charge in [-0.2, -0.15) is 9.78 Å². The van der Waals surface area contributed by atoms with Crippen LogP contribution in [-0.4, -0.2) is 29.1 Å². The molecule has 0 aliphatic carbocycles. The topological polar surface area (TPSA) is 78.9 Å². The third-order valence-electron chi connectivity index (χ3n) is 5.34. The van der Waals surface area contributed by atoms with Crippen LogP contribution >= 0.6 is 22.6 Å². The first-order valence-electron chi connectivity index (χ1n) is 11.2. The van der Waals surface area contributed by atoms with Gasteiger partial charge in [0.25, 0.3) is 5.56 Å². The summed E-state index contributed by atoms with van der Waals surface area (Å²) >= 11 is 2.21. The predicted octanol–water partition coefficient (Wildman–Crippen LogP) is 6.09. The first kappa shape index (κ1) is 23.1. The lowest BCUT2D eigenvalue weighted by molar-refractivity contribution is 0.286. The van der Waals surface area contributed by atoms with Gasteiger partial charge in [-0.05, 0) is 78.4 Å². The van der Waals surface area contributed by atoms with E-state index >= 15 is 0 Å². The van der Waals surface area contributed by atoms with Gasteiger partial charge in [-0.3, -0.25) is 4.79 Å². The Balaban J connectivity index is 1.67. The van der Waals surface area contributed by atoms with Gasteiger partial charge in [-0.1, -0.05) is 30.3 Å². The van der Waals surface area contributed by atoms with E-state index < -0.39 is 0 Å². The van der Waals surface area contributed by atoms with Crippen molar-refractivity contribution < 1.29 is 13.9 Å². The summed E-state index contributed by atoms with van der Waals surface area (Å²) in [7, 11) is 0. The molecule has 0 fully saturated rings. The van der Waals surface area contributed by atoms with E-state index in [2.05, 4.69) is 27.7 Å². The fraction of sp³-hybridized carbons (Fsp3) is 0.148. The minimum Gasteiger partial charge on any atom is -0.490 e. The molecule has 0 N–H and O–H groups in total. The van der Waals surface area contributed by atoms with Crippen molar-refractivity contribution in [1.29, 1.82) is 0 Å².